The van der Waals surface area contributed by atoms with Gasteiger partial charge in [0, 0.05) is 50.8 Å². The van der Waals surface area contributed by atoms with Crippen molar-refractivity contribution in [2.45, 2.75) is 154 Å². The number of para-hydroxylation sites is 2. The van der Waals surface area contributed by atoms with Gasteiger partial charge in [-0.15, -0.1) is 0 Å². The molecule has 1 saturated carbocycles. The summed E-state index contributed by atoms with van der Waals surface area (Å²) in [6, 6.07) is 57.2. The standard InChI is InChI=1S/C66H72BN3/c1-61(2,3)44-29-31-54(48(37-44)43-23-15-13-16-24-43)69-57-42-50-49(63(7,8)35-36-64(50,9)10)41-53(57)67-52-27-19-20-28-56(52)68(46-25-17-14-18-26-46)58-39-47(40-59(69)60(58)67)70-55-32-30-45(62(4,5)6)38-51(55)65(11)33-21-22-34-66(65,70)12/h13-20,23-32,37-42H,21-22,33-36H2,1-12H3. The Bertz CT molecular complexity index is 3240. The van der Waals surface area contributed by atoms with E-state index in [-0.39, 0.29) is 39.3 Å². The average Bonchev–Trinajstić information content (AvgIpc) is 3.54. The topological polar surface area (TPSA) is 9.72 Å². The summed E-state index contributed by atoms with van der Waals surface area (Å²) in [6.07, 6.45) is 7.13. The third-order valence-corrected chi connectivity index (χ3v) is 18.4. The lowest BCUT2D eigenvalue weighted by molar-refractivity contribution is 0.195. The minimum absolute atomic E-state index is 0.0176. The lowest BCUT2D eigenvalue weighted by Gasteiger charge is -2.51. The van der Waals surface area contributed by atoms with E-state index in [4.69, 9.17) is 0 Å². The highest BCUT2D eigenvalue weighted by Gasteiger charge is 2.58. The summed E-state index contributed by atoms with van der Waals surface area (Å²) in [6.45, 7) is 29.3. The first-order chi connectivity index (χ1) is 33.2. The summed E-state index contributed by atoms with van der Waals surface area (Å²) < 4.78 is 0. The van der Waals surface area contributed by atoms with Crippen molar-refractivity contribution in [3.05, 3.63) is 173 Å². The number of rotatable bonds is 4. The van der Waals surface area contributed by atoms with Crippen molar-refractivity contribution in [3.63, 3.8) is 0 Å². The summed E-state index contributed by atoms with van der Waals surface area (Å²) in [5.41, 5.74) is 24.0. The first-order valence-corrected chi connectivity index (χ1v) is 26.5. The molecule has 2 atom stereocenters. The number of nitrogens with zero attached hydrogens (tertiary/aromatic N) is 3. The van der Waals surface area contributed by atoms with Crippen LogP contribution in [0, 0.1) is 0 Å². The van der Waals surface area contributed by atoms with Gasteiger partial charge in [0.2, 0.25) is 0 Å². The van der Waals surface area contributed by atoms with Crippen molar-refractivity contribution in [1.82, 2.24) is 0 Å². The molecule has 0 spiro atoms. The van der Waals surface area contributed by atoms with E-state index in [9.17, 15) is 0 Å². The Hall–Kier alpha value is -6.00. The quantitative estimate of drug-likeness (QED) is 0.163. The second kappa shape index (κ2) is 15.3. The molecule has 3 aliphatic heterocycles. The minimum Gasteiger partial charge on any atom is -0.334 e. The SMILES string of the molecule is CC(C)(C)c1ccc(N2c3cc4c(cc3B3c5ccccc5N(c5ccccc5)c5cc(N6c7ccc(C(C)(C)C)cc7C7(C)CCCCC67C)cc2c53)C(C)(C)CCC4(C)C)c(-c2ccccc2)c1. The van der Waals surface area contributed by atoms with Crippen molar-refractivity contribution >= 4 is 68.6 Å². The number of hydrogen-bond donors (Lipinski definition) is 0. The molecule has 4 heteroatoms. The molecule has 0 radical (unpaired) electrons. The Balaban J connectivity index is 1.24. The maximum absolute atomic E-state index is 2.83. The van der Waals surface area contributed by atoms with Gasteiger partial charge in [-0.3, -0.25) is 0 Å². The fourth-order valence-electron chi connectivity index (χ4n) is 13.9. The van der Waals surface area contributed by atoms with E-state index in [1.807, 2.05) is 0 Å². The smallest absolute Gasteiger partial charge is 0.252 e. The first kappa shape index (κ1) is 45.2. The molecule has 3 nitrogen and oxygen atoms in total. The second-order valence-corrected chi connectivity index (χ2v) is 25.6. The van der Waals surface area contributed by atoms with Crippen LogP contribution in [-0.2, 0) is 27.1 Å². The molecule has 2 unspecified atom stereocenters. The zero-order valence-corrected chi connectivity index (χ0v) is 44.0. The third-order valence-electron chi connectivity index (χ3n) is 18.4. The zero-order chi connectivity index (χ0) is 48.9. The van der Waals surface area contributed by atoms with Crippen LogP contribution in [0.1, 0.15) is 149 Å². The highest BCUT2D eigenvalue weighted by molar-refractivity contribution is 7.00. The van der Waals surface area contributed by atoms with E-state index in [0.717, 1.165) is 12.8 Å². The van der Waals surface area contributed by atoms with Gasteiger partial charge >= 0.3 is 0 Å². The van der Waals surface area contributed by atoms with Gasteiger partial charge in [0.1, 0.15) is 0 Å². The molecule has 12 rings (SSSR count). The molecule has 0 N–H and O–H groups in total. The van der Waals surface area contributed by atoms with Crippen LogP contribution in [-0.4, -0.2) is 12.3 Å². The molecule has 70 heavy (non-hydrogen) atoms. The van der Waals surface area contributed by atoms with Crippen LogP contribution >= 0.6 is 0 Å². The Kier molecular flexibility index (Phi) is 9.84. The van der Waals surface area contributed by atoms with Crippen molar-refractivity contribution in [3.8, 4) is 11.1 Å². The van der Waals surface area contributed by atoms with Gasteiger partial charge in [-0.2, -0.15) is 0 Å². The van der Waals surface area contributed by atoms with Gasteiger partial charge < -0.3 is 14.7 Å². The van der Waals surface area contributed by atoms with E-state index < -0.39 is 0 Å². The van der Waals surface area contributed by atoms with Gasteiger partial charge in [-0.05, 0) is 159 Å². The van der Waals surface area contributed by atoms with Gasteiger partial charge in [0.25, 0.3) is 6.71 Å². The van der Waals surface area contributed by atoms with Crippen molar-refractivity contribution in [2.75, 3.05) is 14.7 Å². The van der Waals surface area contributed by atoms with Crippen molar-refractivity contribution in [1.29, 1.82) is 0 Å². The third kappa shape index (κ3) is 6.53. The van der Waals surface area contributed by atoms with Crippen LogP contribution in [0.25, 0.3) is 11.1 Å². The molecule has 0 amide bonds. The number of anilines is 8. The molecule has 3 heterocycles. The molecule has 7 aromatic rings. The maximum Gasteiger partial charge on any atom is 0.252 e. The van der Waals surface area contributed by atoms with Crippen molar-refractivity contribution < 1.29 is 0 Å². The number of fused-ring (bicyclic) bond motifs is 8. The predicted molar refractivity (Wildman–Crippen MR) is 301 cm³/mol. The predicted octanol–water partition coefficient (Wildman–Crippen LogP) is 16.1. The van der Waals surface area contributed by atoms with Crippen LogP contribution in [0.5, 0.6) is 0 Å². The van der Waals surface area contributed by atoms with Crippen LogP contribution in [0.2, 0.25) is 0 Å². The Morgan fingerprint density at radius 2 is 1.00 bits per heavy atom. The highest BCUT2D eigenvalue weighted by Crippen LogP contribution is 2.62. The van der Waals surface area contributed by atoms with Crippen LogP contribution in [0.15, 0.2) is 146 Å². The molecule has 0 saturated heterocycles. The van der Waals surface area contributed by atoms with Crippen molar-refractivity contribution in [2.24, 2.45) is 0 Å². The van der Waals surface area contributed by atoms with E-state index in [0.29, 0.717) is 0 Å². The summed E-state index contributed by atoms with van der Waals surface area (Å²) in [4.78, 5) is 8.17. The zero-order valence-electron chi connectivity index (χ0n) is 44.0. The first-order valence-electron chi connectivity index (χ1n) is 26.5. The number of benzene rings is 7. The van der Waals surface area contributed by atoms with Gasteiger partial charge in [-0.1, -0.05) is 180 Å². The monoisotopic (exact) mass is 918 g/mol. The van der Waals surface area contributed by atoms with Gasteiger partial charge in [0.05, 0.1) is 11.2 Å². The average molecular weight is 918 g/mol. The maximum atomic E-state index is 2.83. The molecule has 7 aromatic carbocycles. The van der Waals surface area contributed by atoms with E-state index in [1.54, 1.807) is 0 Å². The summed E-state index contributed by atoms with van der Waals surface area (Å²) >= 11 is 0. The van der Waals surface area contributed by atoms with E-state index in [2.05, 4.69) is 243 Å². The van der Waals surface area contributed by atoms with Crippen LogP contribution in [0.3, 0.4) is 0 Å². The molecule has 2 aliphatic carbocycles. The van der Waals surface area contributed by atoms with Crippen LogP contribution in [0.4, 0.5) is 45.5 Å². The molecule has 5 aliphatic rings. The highest BCUT2D eigenvalue weighted by atomic mass is 15.3. The van der Waals surface area contributed by atoms with Gasteiger partial charge in [-0.25, -0.2) is 0 Å². The molecule has 0 aromatic heterocycles. The van der Waals surface area contributed by atoms with E-state index in [1.165, 1.54) is 127 Å². The summed E-state index contributed by atoms with van der Waals surface area (Å²) in [7, 11) is 0. The number of hydrogen-bond acceptors (Lipinski definition) is 3. The lowest BCUT2D eigenvalue weighted by atomic mass is 9.33. The molecule has 354 valence electrons. The Morgan fingerprint density at radius 3 is 1.67 bits per heavy atom. The lowest BCUT2D eigenvalue weighted by Crippen LogP contribution is -2.62. The van der Waals surface area contributed by atoms with Gasteiger partial charge in [0.15, 0.2) is 0 Å². The second-order valence-electron chi connectivity index (χ2n) is 25.6. The van der Waals surface area contributed by atoms with Crippen LogP contribution < -0.4 is 31.1 Å². The molecule has 1 fully saturated rings. The molecular weight excluding hydrogens is 846 g/mol. The molecule has 0 bridgehead atoms. The normalized spacial score (nSPS) is 21.6. The summed E-state index contributed by atoms with van der Waals surface area (Å²) in [5, 5.41) is 0. The minimum atomic E-state index is -0.135. The van der Waals surface area contributed by atoms with E-state index >= 15 is 0 Å². The molecular formula is C66H72BN3. The largest absolute Gasteiger partial charge is 0.334 e. The fraction of sp³-hybridized carbons (Fsp3) is 0.364. The Labute approximate surface area is 420 Å². The fourth-order valence-corrected chi connectivity index (χ4v) is 13.9. The Morgan fingerprint density at radius 1 is 0.429 bits per heavy atom. The summed E-state index contributed by atoms with van der Waals surface area (Å²) in [5.74, 6) is 0.